The third kappa shape index (κ3) is 2.06. The van der Waals surface area contributed by atoms with E-state index in [4.69, 9.17) is 9.52 Å². The average molecular weight is 210 g/mol. The molecular formula is C11H18N2O2. The van der Waals surface area contributed by atoms with Crippen molar-refractivity contribution >= 4 is 0 Å². The van der Waals surface area contributed by atoms with E-state index in [1.54, 1.807) is 0 Å². The number of likely N-dealkylation sites (tertiary alicyclic amines) is 1. The summed E-state index contributed by atoms with van der Waals surface area (Å²) in [6, 6.07) is 0.404. The average Bonchev–Trinajstić information content (AvgIpc) is 2.73. The monoisotopic (exact) mass is 210 g/mol. The van der Waals surface area contributed by atoms with Crippen LogP contribution in [0.4, 0.5) is 0 Å². The van der Waals surface area contributed by atoms with Crippen molar-refractivity contribution in [1.82, 2.24) is 9.88 Å². The Hall–Kier alpha value is -0.870. The Labute approximate surface area is 89.9 Å². The smallest absolute Gasteiger partial charge is 0.196 e. The summed E-state index contributed by atoms with van der Waals surface area (Å²) in [6.45, 7) is 3.18. The van der Waals surface area contributed by atoms with Crippen molar-refractivity contribution in [3.05, 3.63) is 17.3 Å². The molecular weight excluding hydrogens is 192 g/mol. The highest BCUT2D eigenvalue weighted by Gasteiger charge is 2.27. The zero-order chi connectivity index (χ0) is 10.8. The van der Waals surface area contributed by atoms with Gasteiger partial charge < -0.3 is 9.52 Å². The molecule has 1 fully saturated rings. The predicted octanol–water partition coefficient (Wildman–Crippen LogP) is 1.28. The molecule has 0 spiro atoms. The molecule has 1 saturated heterocycles. The quantitative estimate of drug-likeness (QED) is 0.816. The Morgan fingerprint density at radius 1 is 1.60 bits per heavy atom. The lowest BCUT2D eigenvalue weighted by molar-refractivity contribution is 0.284. The van der Waals surface area contributed by atoms with Gasteiger partial charge in [0.2, 0.25) is 0 Å². The summed E-state index contributed by atoms with van der Waals surface area (Å²) in [4.78, 5) is 6.78. The van der Waals surface area contributed by atoms with Crippen LogP contribution >= 0.6 is 0 Å². The lowest BCUT2D eigenvalue weighted by Gasteiger charge is -2.17. The van der Waals surface area contributed by atoms with Crippen molar-refractivity contribution in [2.24, 2.45) is 0 Å². The van der Waals surface area contributed by atoms with Crippen LogP contribution in [0.15, 0.2) is 4.42 Å². The first-order valence-corrected chi connectivity index (χ1v) is 5.49. The van der Waals surface area contributed by atoms with E-state index in [0.29, 0.717) is 18.4 Å². The van der Waals surface area contributed by atoms with E-state index < -0.39 is 0 Å². The number of aliphatic hydroxyl groups excluding tert-OH is 1. The molecule has 4 heteroatoms. The zero-order valence-electron chi connectivity index (χ0n) is 9.36. The molecule has 0 saturated carbocycles. The lowest BCUT2D eigenvalue weighted by atomic mass is 10.1. The Balaban J connectivity index is 2.19. The second-order valence-electron chi connectivity index (χ2n) is 4.16. The van der Waals surface area contributed by atoms with Gasteiger partial charge in [-0.25, -0.2) is 4.98 Å². The fourth-order valence-corrected chi connectivity index (χ4v) is 2.23. The van der Waals surface area contributed by atoms with Crippen LogP contribution in [0.2, 0.25) is 0 Å². The number of aliphatic hydroxyl groups is 1. The van der Waals surface area contributed by atoms with Gasteiger partial charge in [0.1, 0.15) is 5.76 Å². The van der Waals surface area contributed by atoms with Gasteiger partial charge in [-0.2, -0.15) is 0 Å². The molecule has 15 heavy (non-hydrogen) atoms. The summed E-state index contributed by atoms with van der Waals surface area (Å²) >= 11 is 0. The van der Waals surface area contributed by atoms with Gasteiger partial charge in [0, 0.05) is 6.42 Å². The topological polar surface area (TPSA) is 49.5 Å². The number of hydrogen-bond donors (Lipinski definition) is 1. The molecule has 0 aliphatic carbocycles. The van der Waals surface area contributed by atoms with Crippen LogP contribution in [-0.4, -0.2) is 35.2 Å². The van der Waals surface area contributed by atoms with Gasteiger partial charge >= 0.3 is 0 Å². The van der Waals surface area contributed by atoms with Crippen LogP contribution in [0, 0.1) is 6.92 Å². The third-order valence-corrected chi connectivity index (χ3v) is 3.04. The van der Waals surface area contributed by atoms with Crippen molar-refractivity contribution in [2.75, 3.05) is 20.2 Å². The van der Waals surface area contributed by atoms with Crippen molar-refractivity contribution in [3.63, 3.8) is 0 Å². The van der Waals surface area contributed by atoms with E-state index >= 15 is 0 Å². The minimum absolute atomic E-state index is 0.0971. The molecule has 0 amide bonds. The fourth-order valence-electron chi connectivity index (χ4n) is 2.23. The molecule has 2 heterocycles. The number of aromatic nitrogens is 1. The molecule has 0 aromatic carbocycles. The molecule has 2 rings (SSSR count). The minimum atomic E-state index is 0.0971. The van der Waals surface area contributed by atoms with Crippen LogP contribution < -0.4 is 0 Å². The van der Waals surface area contributed by atoms with Gasteiger partial charge in [-0.1, -0.05) is 0 Å². The maximum absolute atomic E-state index is 8.83. The van der Waals surface area contributed by atoms with Crippen LogP contribution in [0.5, 0.6) is 0 Å². The SMILES string of the molecule is Cc1oc(CCO)nc1C1CCCN1C. The minimum Gasteiger partial charge on any atom is -0.446 e. The summed E-state index contributed by atoms with van der Waals surface area (Å²) < 4.78 is 5.52. The van der Waals surface area contributed by atoms with Gasteiger partial charge in [0.05, 0.1) is 18.3 Å². The normalized spacial score (nSPS) is 22.5. The number of oxazole rings is 1. The molecule has 1 aliphatic heterocycles. The Morgan fingerprint density at radius 2 is 2.40 bits per heavy atom. The van der Waals surface area contributed by atoms with Crippen LogP contribution in [0.3, 0.4) is 0 Å². The first kappa shape index (κ1) is 10.6. The maximum atomic E-state index is 8.83. The number of aryl methyl sites for hydroxylation is 1. The van der Waals surface area contributed by atoms with E-state index in [9.17, 15) is 0 Å². The van der Waals surface area contributed by atoms with Crippen molar-refractivity contribution in [2.45, 2.75) is 32.2 Å². The summed E-state index contributed by atoms with van der Waals surface area (Å²) in [7, 11) is 2.12. The Bertz CT molecular complexity index is 335. The summed E-state index contributed by atoms with van der Waals surface area (Å²) in [5.41, 5.74) is 1.05. The maximum Gasteiger partial charge on any atom is 0.196 e. The van der Waals surface area contributed by atoms with Crippen LogP contribution in [0.1, 0.15) is 36.2 Å². The molecule has 1 aromatic rings. The molecule has 1 N–H and O–H groups in total. The molecule has 0 bridgehead atoms. The van der Waals surface area contributed by atoms with E-state index in [1.165, 1.54) is 6.42 Å². The number of hydrogen-bond acceptors (Lipinski definition) is 4. The molecule has 1 atom stereocenters. The van der Waals surface area contributed by atoms with E-state index in [-0.39, 0.29) is 6.61 Å². The molecule has 1 unspecified atom stereocenters. The Morgan fingerprint density at radius 3 is 3.00 bits per heavy atom. The second-order valence-corrected chi connectivity index (χ2v) is 4.16. The van der Waals surface area contributed by atoms with Gasteiger partial charge in [0.25, 0.3) is 0 Å². The van der Waals surface area contributed by atoms with E-state index in [0.717, 1.165) is 24.4 Å². The molecule has 84 valence electrons. The number of nitrogens with zero attached hydrogens (tertiary/aromatic N) is 2. The highest BCUT2D eigenvalue weighted by molar-refractivity contribution is 5.14. The lowest BCUT2D eigenvalue weighted by Crippen LogP contribution is -2.18. The molecule has 0 radical (unpaired) electrons. The fraction of sp³-hybridized carbons (Fsp3) is 0.727. The summed E-state index contributed by atoms with van der Waals surface area (Å²) in [6.07, 6.45) is 2.89. The van der Waals surface area contributed by atoms with Gasteiger partial charge in [0.15, 0.2) is 5.89 Å². The molecule has 1 aromatic heterocycles. The second kappa shape index (κ2) is 4.33. The molecule has 4 nitrogen and oxygen atoms in total. The highest BCUT2D eigenvalue weighted by Crippen LogP contribution is 2.31. The standard InChI is InChI=1S/C11H18N2O2/c1-8-11(9-4-3-6-13(9)2)12-10(15-8)5-7-14/h9,14H,3-7H2,1-2H3. The van der Waals surface area contributed by atoms with Crippen molar-refractivity contribution < 1.29 is 9.52 Å². The van der Waals surface area contributed by atoms with Gasteiger partial charge in [-0.15, -0.1) is 0 Å². The van der Waals surface area contributed by atoms with Gasteiger partial charge in [-0.05, 0) is 33.4 Å². The number of rotatable bonds is 3. The van der Waals surface area contributed by atoms with Crippen molar-refractivity contribution in [1.29, 1.82) is 0 Å². The highest BCUT2D eigenvalue weighted by atomic mass is 16.4. The molecule has 1 aliphatic rings. The first-order valence-electron chi connectivity index (χ1n) is 5.49. The van der Waals surface area contributed by atoms with E-state index in [1.807, 2.05) is 6.92 Å². The van der Waals surface area contributed by atoms with E-state index in [2.05, 4.69) is 16.9 Å². The largest absolute Gasteiger partial charge is 0.446 e. The predicted molar refractivity (Wildman–Crippen MR) is 56.6 cm³/mol. The Kier molecular flexibility index (Phi) is 3.07. The summed E-state index contributed by atoms with van der Waals surface area (Å²) in [5, 5.41) is 8.83. The van der Waals surface area contributed by atoms with Crippen molar-refractivity contribution in [3.8, 4) is 0 Å². The third-order valence-electron chi connectivity index (χ3n) is 3.04. The van der Waals surface area contributed by atoms with Crippen LogP contribution in [0.25, 0.3) is 0 Å². The summed E-state index contributed by atoms with van der Waals surface area (Å²) in [5.74, 6) is 1.56. The zero-order valence-corrected chi connectivity index (χ0v) is 9.36. The van der Waals surface area contributed by atoms with Crippen LogP contribution in [-0.2, 0) is 6.42 Å². The van der Waals surface area contributed by atoms with Gasteiger partial charge in [-0.3, -0.25) is 4.90 Å². The first-order chi connectivity index (χ1) is 7.22.